The molecule has 0 spiro atoms. The Morgan fingerprint density at radius 1 is 1.39 bits per heavy atom. The molecule has 0 aromatic heterocycles. The van der Waals surface area contributed by atoms with Gasteiger partial charge in [-0.2, -0.15) is 0 Å². The van der Waals surface area contributed by atoms with E-state index < -0.39 is 0 Å². The van der Waals surface area contributed by atoms with Crippen molar-refractivity contribution in [1.29, 1.82) is 0 Å². The first-order valence-electron chi connectivity index (χ1n) is 6.26. The van der Waals surface area contributed by atoms with Crippen molar-refractivity contribution in [3.05, 3.63) is 23.8 Å². The van der Waals surface area contributed by atoms with Crippen LogP contribution in [-0.2, 0) is 9.53 Å². The maximum absolute atomic E-state index is 11.0. The Morgan fingerprint density at radius 3 is 2.67 bits per heavy atom. The van der Waals surface area contributed by atoms with Crippen LogP contribution in [0, 0.1) is 6.92 Å². The molecule has 1 saturated carbocycles. The number of benzene rings is 1. The maximum Gasteiger partial charge on any atom is 0.221 e. The zero-order valence-electron chi connectivity index (χ0n) is 11.1. The Morgan fingerprint density at radius 2 is 2.11 bits per heavy atom. The molecule has 0 aliphatic heterocycles. The third-order valence-electron chi connectivity index (χ3n) is 3.34. The normalized spacial score (nSPS) is 22.2. The van der Waals surface area contributed by atoms with Gasteiger partial charge in [-0.1, -0.05) is 0 Å². The summed E-state index contributed by atoms with van der Waals surface area (Å²) in [6.07, 6.45) is 2.52. The van der Waals surface area contributed by atoms with Crippen molar-refractivity contribution in [2.24, 2.45) is 0 Å². The Hall–Kier alpha value is -1.55. The molecule has 18 heavy (non-hydrogen) atoms. The van der Waals surface area contributed by atoms with Gasteiger partial charge in [0.25, 0.3) is 0 Å². The second kappa shape index (κ2) is 5.40. The van der Waals surface area contributed by atoms with E-state index in [1.165, 1.54) is 6.92 Å². The molecule has 0 unspecified atom stereocenters. The summed E-state index contributed by atoms with van der Waals surface area (Å²) < 4.78 is 5.25. The molecule has 0 atom stereocenters. The molecule has 1 amide bonds. The average molecular weight is 248 g/mol. The SMILES string of the molecule is COC1CC(Nc2ccc(NC(C)=O)c(C)c2)C1. The van der Waals surface area contributed by atoms with E-state index in [-0.39, 0.29) is 5.91 Å². The second-order valence-corrected chi connectivity index (χ2v) is 4.88. The fraction of sp³-hybridized carbons (Fsp3) is 0.500. The summed E-state index contributed by atoms with van der Waals surface area (Å²) in [5.41, 5.74) is 3.04. The molecule has 1 fully saturated rings. The largest absolute Gasteiger partial charge is 0.382 e. The number of hydrogen-bond acceptors (Lipinski definition) is 3. The molecule has 0 saturated heterocycles. The first kappa shape index (κ1) is 12.9. The van der Waals surface area contributed by atoms with Crippen LogP contribution >= 0.6 is 0 Å². The molecule has 0 bridgehead atoms. The third-order valence-corrected chi connectivity index (χ3v) is 3.34. The number of methoxy groups -OCH3 is 1. The Bertz CT molecular complexity index is 439. The minimum absolute atomic E-state index is 0.0410. The Labute approximate surface area is 108 Å². The van der Waals surface area contributed by atoms with Crippen LogP contribution < -0.4 is 10.6 Å². The van der Waals surface area contributed by atoms with Gasteiger partial charge in [0, 0.05) is 31.5 Å². The Balaban J connectivity index is 1.95. The molecule has 4 heteroatoms. The second-order valence-electron chi connectivity index (χ2n) is 4.88. The molecule has 1 aromatic carbocycles. The number of ether oxygens (including phenoxy) is 1. The number of rotatable bonds is 4. The molecule has 1 aliphatic carbocycles. The quantitative estimate of drug-likeness (QED) is 0.861. The van der Waals surface area contributed by atoms with Crippen molar-refractivity contribution >= 4 is 17.3 Å². The lowest BCUT2D eigenvalue weighted by Gasteiger charge is -2.35. The van der Waals surface area contributed by atoms with Crippen molar-refractivity contribution in [2.45, 2.75) is 38.8 Å². The summed E-state index contributed by atoms with van der Waals surface area (Å²) in [6.45, 7) is 3.51. The first-order valence-corrected chi connectivity index (χ1v) is 6.26. The molecule has 2 N–H and O–H groups in total. The summed E-state index contributed by atoms with van der Waals surface area (Å²) in [5, 5.41) is 6.28. The van der Waals surface area contributed by atoms with E-state index in [1.54, 1.807) is 7.11 Å². The first-order chi connectivity index (χ1) is 8.58. The Kier molecular flexibility index (Phi) is 3.87. The molecular formula is C14H20N2O2. The van der Waals surface area contributed by atoms with E-state index in [1.807, 2.05) is 19.1 Å². The van der Waals surface area contributed by atoms with E-state index >= 15 is 0 Å². The minimum atomic E-state index is -0.0410. The van der Waals surface area contributed by atoms with Gasteiger partial charge >= 0.3 is 0 Å². The van der Waals surface area contributed by atoms with Gasteiger partial charge in [0.1, 0.15) is 0 Å². The summed E-state index contributed by atoms with van der Waals surface area (Å²) in [7, 11) is 1.76. The fourth-order valence-electron chi connectivity index (χ4n) is 2.19. The van der Waals surface area contributed by atoms with Crippen LogP contribution in [0.4, 0.5) is 11.4 Å². The highest BCUT2D eigenvalue weighted by molar-refractivity contribution is 5.89. The molecule has 2 rings (SSSR count). The number of nitrogens with one attached hydrogen (secondary N) is 2. The highest BCUT2D eigenvalue weighted by atomic mass is 16.5. The van der Waals surface area contributed by atoms with Gasteiger partial charge in [-0.3, -0.25) is 4.79 Å². The minimum Gasteiger partial charge on any atom is -0.382 e. The van der Waals surface area contributed by atoms with Gasteiger partial charge < -0.3 is 15.4 Å². The highest BCUT2D eigenvalue weighted by Crippen LogP contribution is 2.27. The topological polar surface area (TPSA) is 50.4 Å². The summed E-state index contributed by atoms with van der Waals surface area (Å²) in [4.78, 5) is 11.0. The average Bonchev–Trinajstić information content (AvgIpc) is 2.26. The van der Waals surface area contributed by atoms with Crippen molar-refractivity contribution in [3.8, 4) is 0 Å². The number of carbonyl (C=O) groups excluding carboxylic acids is 1. The van der Waals surface area contributed by atoms with E-state index in [2.05, 4.69) is 16.7 Å². The number of hydrogen-bond donors (Lipinski definition) is 2. The van der Waals surface area contributed by atoms with Crippen LogP contribution in [-0.4, -0.2) is 25.2 Å². The van der Waals surface area contributed by atoms with Gasteiger partial charge in [0.2, 0.25) is 5.91 Å². The summed E-state index contributed by atoms with van der Waals surface area (Å²) >= 11 is 0. The van der Waals surface area contributed by atoms with Gasteiger partial charge in [0.05, 0.1) is 6.10 Å². The monoisotopic (exact) mass is 248 g/mol. The molecule has 1 aliphatic rings. The molecule has 0 radical (unpaired) electrons. The van der Waals surface area contributed by atoms with E-state index in [9.17, 15) is 4.79 Å². The lowest BCUT2D eigenvalue weighted by Crippen LogP contribution is -2.40. The fourth-order valence-corrected chi connectivity index (χ4v) is 2.19. The zero-order valence-corrected chi connectivity index (χ0v) is 11.1. The van der Waals surface area contributed by atoms with E-state index in [0.29, 0.717) is 12.1 Å². The summed E-state index contributed by atoms with van der Waals surface area (Å²) in [5.74, 6) is -0.0410. The number of aryl methyl sites for hydroxylation is 1. The van der Waals surface area contributed by atoms with Crippen LogP contribution in [0.1, 0.15) is 25.3 Å². The number of carbonyl (C=O) groups is 1. The van der Waals surface area contributed by atoms with E-state index in [4.69, 9.17) is 4.74 Å². The standard InChI is InChI=1S/C14H20N2O2/c1-9-6-11(4-5-14(9)15-10(2)17)16-12-7-13(8-12)18-3/h4-6,12-13,16H,7-8H2,1-3H3,(H,15,17). The van der Waals surface area contributed by atoms with Crippen molar-refractivity contribution in [1.82, 2.24) is 0 Å². The number of anilines is 2. The predicted octanol–water partition coefficient (Wildman–Crippen LogP) is 2.54. The van der Waals surface area contributed by atoms with Crippen LogP contribution in [0.2, 0.25) is 0 Å². The van der Waals surface area contributed by atoms with Crippen molar-refractivity contribution in [2.75, 3.05) is 17.7 Å². The molecule has 98 valence electrons. The van der Waals surface area contributed by atoms with Gasteiger partial charge in [-0.05, 0) is 43.5 Å². The zero-order chi connectivity index (χ0) is 13.1. The summed E-state index contributed by atoms with van der Waals surface area (Å²) in [6, 6.07) is 6.50. The van der Waals surface area contributed by atoms with Crippen molar-refractivity contribution < 1.29 is 9.53 Å². The lowest BCUT2D eigenvalue weighted by molar-refractivity contribution is -0.114. The van der Waals surface area contributed by atoms with Crippen LogP contribution in [0.15, 0.2) is 18.2 Å². The molecular weight excluding hydrogens is 228 g/mol. The number of amides is 1. The maximum atomic E-state index is 11.0. The van der Waals surface area contributed by atoms with Gasteiger partial charge in [-0.25, -0.2) is 0 Å². The predicted molar refractivity (Wildman–Crippen MR) is 72.9 cm³/mol. The smallest absolute Gasteiger partial charge is 0.221 e. The van der Waals surface area contributed by atoms with Crippen LogP contribution in [0.25, 0.3) is 0 Å². The molecule has 4 nitrogen and oxygen atoms in total. The van der Waals surface area contributed by atoms with Gasteiger partial charge in [0.15, 0.2) is 0 Å². The van der Waals surface area contributed by atoms with Gasteiger partial charge in [-0.15, -0.1) is 0 Å². The third kappa shape index (κ3) is 3.01. The van der Waals surface area contributed by atoms with E-state index in [0.717, 1.165) is 29.8 Å². The molecule has 0 heterocycles. The van der Waals surface area contributed by atoms with Crippen molar-refractivity contribution in [3.63, 3.8) is 0 Å². The van der Waals surface area contributed by atoms with Crippen LogP contribution in [0.3, 0.4) is 0 Å². The van der Waals surface area contributed by atoms with Crippen LogP contribution in [0.5, 0.6) is 0 Å². The highest BCUT2D eigenvalue weighted by Gasteiger charge is 2.28. The lowest BCUT2D eigenvalue weighted by atomic mass is 9.89. The molecule has 1 aromatic rings.